The Balaban J connectivity index is 1.77. The topological polar surface area (TPSA) is 75.0 Å². The number of piperidine rings is 1. The maximum absolute atomic E-state index is 12.0. The van der Waals surface area contributed by atoms with Crippen LogP contribution < -0.4 is 11.3 Å². The molecule has 1 fully saturated rings. The molecule has 1 aliphatic rings. The van der Waals surface area contributed by atoms with Gasteiger partial charge in [0.15, 0.2) is 0 Å². The number of para-hydroxylation sites is 1. The van der Waals surface area contributed by atoms with Crippen LogP contribution in [0.1, 0.15) is 18.7 Å². The first-order chi connectivity index (χ1) is 9.76. The Kier molecular flexibility index (Phi) is 3.80. The third-order valence-corrected chi connectivity index (χ3v) is 4.08. The molecule has 3 N–H and O–H groups in total. The highest BCUT2D eigenvalue weighted by Crippen LogP contribution is 2.17. The van der Waals surface area contributed by atoms with E-state index in [0.717, 1.165) is 43.8 Å². The molecule has 0 unspecified atom stereocenters. The lowest BCUT2D eigenvalue weighted by molar-refractivity contribution is 0.177. The zero-order valence-electron chi connectivity index (χ0n) is 11.5. The van der Waals surface area contributed by atoms with Gasteiger partial charge in [0.25, 0.3) is 5.56 Å². The summed E-state index contributed by atoms with van der Waals surface area (Å²) < 4.78 is 0. The summed E-state index contributed by atoms with van der Waals surface area (Å²) in [6.45, 7) is 3.53. The van der Waals surface area contributed by atoms with E-state index in [-0.39, 0.29) is 5.56 Å². The largest absolute Gasteiger partial charge is 0.330 e. The Bertz CT molecular complexity index is 644. The van der Waals surface area contributed by atoms with Crippen molar-refractivity contribution < 1.29 is 0 Å². The monoisotopic (exact) mass is 272 g/mol. The Labute approximate surface area is 117 Å². The van der Waals surface area contributed by atoms with Crippen LogP contribution >= 0.6 is 0 Å². The van der Waals surface area contributed by atoms with Gasteiger partial charge in [-0.15, -0.1) is 0 Å². The van der Waals surface area contributed by atoms with E-state index in [4.69, 9.17) is 5.73 Å². The first-order valence-corrected chi connectivity index (χ1v) is 7.16. The van der Waals surface area contributed by atoms with Gasteiger partial charge in [-0.25, -0.2) is 4.98 Å². The number of nitrogens with zero attached hydrogens (tertiary/aromatic N) is 2. The van der Waals surface area contributed by atoms with E-state index in [1.807, 2.05) is 18.2 Å². The Morgan fingerprint density at radius 3 is 2.80 bits per heavy atom. The summed E-state index contributed by atoms with van der Waals surface area (Å²) in [7, 11) is 0. The number of nitrogens with one attached hydrogen (secondary N) is 1. The van der Waals surface area contributed by atoms with Gasteiger partial charge in [0.05, 0.1) is 17.4 Å². The van der Waals surface area contributed by atoms with Gasteiger partial charge in [0, 0.05) is 0 Å². The summed E-state index contributed by atoms with van der Waals surface area (Å²) in [6.07, 6.45) is 2.27. The van der Waals surface area contributed by atoms with Crippen molar-refractivity contribution in [2.75, 3.05) is 19.6 Å². The molecule has 1 saturated heterocycles. The quantitative estimate of drug-likeness (QED) is 0.877. The molecule has 0 spiro atoms. The van der Waals surface area contributed by atoms with E-state index >= 15 is 0 Å². The molecular formula is C15H20N4O. The smallest absolute Gasteiger partial charge is 0.258 e. The van der Waals surface area contributed by atoms with Crippen molar-refractivity contribution in [1.29, 1.82) is 0 Å². The van der Waals surface area contributed by atoms with E-state index in [0.29, 0.717) is 17.8 Å². The third kappa shape index (κ3) is 2.73. The van der Waals surface area contributed by atoms with E-state index in [9.17, 15) is 4.79 Å². The van der Waals surface area contributed by atoms with Crippen molar-refractivity contribution in [3.8, 4) is 0 Å². The lowest BCUT2D eigenvalue weighted by Gasteiger charge is -2.30. The fourth-order valence-electron chi connectivity index (χ4n) is 2.80. The predicted molar refractivity (Wildman–Crippen MR) is 79.4 cm³/mol. The van der Waals surface area contributed by atoms with Crippen LogP contribution in [-0.4, -0.2) is 34.5 Å². The van der Waals surface area contributed by atoms with Gasteiger partial charge in [-0.3, -0.25) is 9.69 Å². The summed E-state index contributed by atoms with van der Waals surface area (Å²) >= 11 is 0. The summed E-state index contributed by atoms with van der Waals surface area (Å²) in [6, 6.07) is 7.45. The number of aromatic nitrogens is 2. The lowest BCUT2D eigenvalue weighted by Crippen LogP contribution is -2.36. The van der Waals surface area contributed by atoms with Crippen LogP contribution in [0.25, 0.3) is 10.9 Å². The van der Waals surface area contributed by atoms with Crippen LogP contribution in [0.5, 0.6) is 0 Å². The molecule has 0 amide bonds. The van der Waals surface area contributed by atoms with Crippen molar-refractivity contribution in [2.24, 2.45) is 11.7 Å². The van der Waals surface area contributed by atoms with Crippen LogP contribution in [0.4, 0.5) is 0 Å². The first-order valence-electron chi connectivity index (χ1n) is 7.16. The highest BCUT2D eigenvalue weighted by molar-refractivity contribution is 5.77. The number of H-pyrrole nitrogens is 1. The molecule has 5 heteroatoms. The molecule has 106 valence electrons. The first kappa shape index (κ1) is 13.3. The fourth-order valence-corrected chi connectivity index (χ4v) is 2.80. The van der Waals surface area contributed by atoms with Crippen molar-refractivity contribution in [2.45, 2.75) is 19.4 Å². The minimum absolute atomic E-state index is 0.0533. The molecular weight excluding hydrogens is 252 g/mol. The maximum atomic E-state index is 12.0. The molecule has 0 bridgehead atoms. The van der Waals surface area contributed by atoms with Crippen LogP contribution in [0.15, 0.2) is 29.1 Å². The molecule has 20 heavy (non-hydrogen) atoms. The Morgan fingerprint density at radius 1 is 1.30 bits per heavy atom. The molecule has 5 nitrogen and oxygen atoms in total. The summed E-state index contributed by atoms with van der Waals surface area (Å²) in [5, 5.41) is 0.651. The molecule has 0 atom stereocenters. The number of likely N-dealkylation sites (tertiary alicyclic amines) is 1. The zero-order chi connectivity index (χ0) is 13.9. The van der Waals surface area contributed by atoms with Crippen molar-refractivity contribution in [1.82, 2.24) is 14.9 Å². The second kappa shape index (κ2) is 5.73. The number of hydrogen-bond donors (Lipinski definition) is 2. The Morgan fingerprint density at radius 2 is 2.05 bits per heavy atom. The second-order valence-electron chi connectivity index (χ2n) is 5.48. The van der Waals surface area contributed by atoms with Crippen LogP contribution in [0, 0.1) is 5.92 Å². The normalized spacial score (nSPS) is 17.6. The van der Waals surface area contributed by atoms with Gasteiger partial charge < -0.3 is 10.7 Å². The van der Waals surface area contributed by atoms with Gasteiger partial charge in [-0.05, 0) is 50.5 Å². The van der Waals surface area contributed by atoms with Crippen molar-refractivity contribution >= 4 is 10.9 Å². The van der Waals surface area contributed by atoms with E-state index < -0.39 is 0 Å². The number of benzene rings is 1. The van der Waals surface area contributed by atoms with Gasteiger partial charge in [-0.2, -0.15) is 0 Å². The fraction of sp³-hybridized carbons (Fsp3) is 0.467. The SMILES string of the molecule is NCC1CCN(Cc2nc3ccccc3c(=O)[nH]2)CC1. The van der Waals surface area contributed by atoms with Gasteiger partial charge >= 0.3 is 0 Å². The minimum atomic E-state index is -0.0533. The minimum Gasteiger partial charge on any atom is -0.330 e. The zero-order valence-corrected chi connectivity index (χ0v) is 11.5. The van der Waals surface area contributed by atoms with Gasteiger partial charge in [-0.1, -0.05) is 12.1 Å². The van der Waals surface area contributed by atoms with Gasteiger partial charge in [0.2, 0.25) is 0 Å². The summed E-state index contributed by atoms with van der Waals surface area (Å²) in [5.41, 5.74) is 6.42. The maximum Gasteiger partial charge on any atom is 0.258 e. The standard InChI is InChI=1S/C15H20N4O/c16-9-11-5-7-19(8-6-11)10-14-17-13-4-2-1-3-12(13)15(20)18-14/h1-4,11H,5-10,16H2,(H,17,18,20). The molecule has 0 saturated carbocycles. The average Bonchev–Trinajstić information content (AvgIpc) is 2.48. The molecule has 1 aromatic carbocycles. The summed E-state index contributed by atoms with van der Waals surface area (Å²) in [4.78, 5) is 21.8. The third-order valence-electron chi connectivity index (χ3n) is 4.08. The number of aromatic amines is 1. The molecule has 2 aromatic rings. The number of fused-ring (bicyclic) bond motifs is 1. The van der Waals surface area contributed by atoms with Crippen LogP contribution in [0.2, 0.25) is 0 Å². The highest BCUT2D eigenvalue weighted by Gasteiger charge is 2.18. The molecule has 0 radical (unpaired) electrons. The lowest BCUT2D eigenvalue weighted by atomic mass is 9.97. The number of hydrogen-bond acceptors (Lipinski definition) is 4. The van der Waals surface area contributed by atoms with Crippen LogP contribution in [-0.2, 0) is 6.54 Å². The molecule has 1 aromatic heterocycles. The highest BCUT2D eigenvalue weighted by atomic mass is 16.1. The summed E-state index contributed by atoms with van der Waals surface area (Å²) in [5.74, 6) is 1.40. The van der Waals surface area contributed by atoms with E-state index in [1.165, 1.54) is 0 Å². The number of nitrogens with two attached hydrogens (primary N) is 1. The Hall–Kier alpha value is -1.72. The van der Waals surface area contributed by atoms with Crippen molar-refractivity contribution in [3.05, 3.63) is 40.4 Å². The molecule has 3 rings (SSSR count). The van der Waals surface area contributed by atoms with Crippen LogP contribution in [0.3, 0.4) is 0 Å². The molecule has 0 aliphatic carbocycles. The van der Waals surface area contributed by atoms with Crippen molar-refractivity contribution in [3.63, 3.8) is 0 Å². The predicted octanol–water partition coefficient (Wildman–Crippen LogP) is 1.09. The van der Waals surface area contributed by atoms with E-state index in [2.05, 4.69) is 14.9 Å². The molecule has 2 heterocycles. The van der Waals surface area contributed by atoms with E-state index in [1.54, 1.807) is 6.07 Å². The van der Waals surface area contributed by atoms with Gasteiger partial charge in [0.1, 0.15) is 5.82 Å². The average molecular weight is 272 g/mol. The number of rotatable bonds is 3. The molecule has 1 aliphatic heterocycles. The second-order valence-corrected chi connectivity index (χ2v) is 5.48.